The van der Waals surface area contributed by atoms with Gasteiger partial charge in [0.05, 0.1) is 60.3 Å². The summed E-state index contributed by atoms with van der Waals surface area (Å²) in [5.41, 5.74) is 1.74. The Balaban J connectivity index is 1.42. The number of aryl methyl sites for hydroxylation is 2. The summed E-state index contributed by atoms with van der Waals surface area (Å²) in [6, 6.07) is 13.9. The van der Waals surface area contributed by atoms with Crippen LogP contribution in [0.1, 0.15) is 50.6 Å². The number of ether oxygens (including phenoxy) is 2. The lowest BCUT2D eigenvalue weighted by atomic mass is 9.70. The summed E-state index contributed by atoms with van der Waals surface area (Å²) in [5, 5.41) is 3.38. The first-order chi connectivity index (χ1) is 27.4. The Bertz CT molecular complexity index is 2310. The number of hydrogen-bond donors (Lipinski definition) is 1. The van der Waals surface area contributed by atoms with Gasteiger partial charge in [0, 0.05) is 70.3 Å². The number of halogens is 8. The molecule has 2 saturated heterocycles. The van der Waals surface area contributed by atoms with E-state index in [0.717, 1.165) is 24.3 Å². The van der Waals surface area contributed by atoms with Crippen molar-refractivity contribution >= 4 is 46.2 Å². The second-order valence-corrected chi connectivity index (χ2v) is 15.7. The zero-order valence-electron chi connectivity index (χ0n) is 32.0. The topological polar surface area (TPSA) is 63.9 Å². The van der Waals surface area contributed by atoms with E-state index in [1.54, 1.807) is 55.0 Å². The van der Waals surface area contributed by atoms with Crippen LogP contribution in [-0.2, 0) is 32.0 Å². The van der Waals surface area contributed by atoms with Crippen molar-refractivity contribution in [3.05, 3.63) is 121 Å². The SMILES string of the molecule is Cc1cc(C2(c3cc(C)n(-c4cc(C(F)(F)F)ccc4N4CCOCC4)c3C)C(=O)Nc3cc(Cl)cc(Cl)c32)c(C)n1-c1cc(C(F)(F)F)ccc1N1CCOCC1. The van der Waals surface area contributed by atoms with E-state index in [2.05, 4.69) is 5.32 Å². The first-order valence-corrected chi connectivity index (χ1v) is 19.5. The van der Waals surface area contributed by atoms with E-state index in [4.69, 9.17) is 32.7 Å². The van der Waals surface area contributed by atoms with Crippen LogP contribution in [0.4, 0.5) is 43.4 Å². The van der Waals surface area contributed by atoms with Gasteiger partial charge in [-0.1, -0.05) is 23.2 Å². The Morgan fingerprint density at radius 2 is 1.05 bits per heavy atom. The van der Waals surface area contributed by atoms with E-state index in [1.807, 2.05) is 9.80 Å². The molecule has 8 rings (SSSR count). The smallest absolute Gasteiger partial charge is 0.378 e. The van der Waals surface area contributed by atoms with Crippen molar-refractivity contribution in [2.75, 3.05) is 67.7 Å². The van der Waals surface area contributed by atoms with E-state index >= 15 is 4.79 Å². The summed E-state index contributed by atoms with van der Waals surface area (Å²) < 4.78 is 101. The number of carbonyl (C=O) groups excluding carboxylic acids is 1. The molecule has 0 saturated carbocycles. The lowest BCUT2D eigenvalue weighted by Gasteiger charge is -2.33. The minimum Gasteiger partial charge on any atom is -0.378 e. The van der Waals surface area contributed by atoms with Crippen LogP contribution in [0.3, 0.4) is 0 Å². The molecule has 5 heterocycles. The fourth-order valence-electron chi connectivity index (χ4n) is 8.97. The molecule has 8 nitrogen and oxygen atoms in total. The zero-order chi connectivity index (χ0) is 41.5. The Morgan fingerprint density at radius 1 is 0.621 bits per heavy atom. The van der Waals surface area contributed by atoms with Crippen molar-refractivity contribution in [2.45, 2.75) is 45.5 Å². The number of alkyl halides is 6. The molecule has 1 N–H and O–H groups in total. The Labute approximate surface area is 340 Å². The number of hydrogen-bond acceptors (Lipinski definition) is 5. The van der Waals surface area contributed by atoms with Crippen LogP contribution in [0.15, 0.2) is 60.7 Å². The Morgan fingerprint density at radius 3 is 1.47 bits per heavy atom. The van der Waals surface area contributed by atoms with Crippen LogP contribution in [0, 0.1) is 27.7 Å². The van der Waals surface area contributed by atoms with Gasteiger partial charge in [0.2, 0.25) is 5.91 Å². The molecular weight excluding hydrogens is 807 g/mol. The highest BCUT2D eigenvalue weighted by Crippen LogP contribution is 2.55. The van der Waals surface area contributed by atoms with Gasteiger partial charge < -0.3 is 33.7 Å². The summed E-state index contributed by atoms with van der Waals surface area (Å²) in [7, 11) is 0. The van der Waals surface area contributed by atoms with Gasteiger partial charge in [-0.05, 0) is 99.5 Å². The summed E-state index contributed by atoms with van der Waals surface area (Å²) in [4.78, 5) is 19.0. The van der Waals surface area contributed by atoms with Gasteiger partial charge in [-0.25, -0.2) is 0 Å². The molecule has 0 radical (unpaired) electrons. The van der Waals surface area contributed by atoms with Crippen LogP contribution in [0.5, 0.6) is 0 Å². The number of morpholine rings is 2. The first-order valence-electron chi connectivity index (χ1n) is 18.7. The largest absolute Gasteiger partial charge is 0.416 e. The molecule has 0 spiro atoms. The Hall–Kier alpha value is -4.63. The fourth-order valence-corrected chi connectivity index (χ4v) is 9.60. The van der Waals surface area contributed by atoms with Crippen molar-refractivity contribution in [2.24, 2.45) is 0 Å². The molecule has 0 unspecified atom stereocenters. The molecule has 3 aromatic carbocycles. The number of anilines is 3. The number of rotatable bonds is 6. The number of nitrogens with one attached hydrogen (secondary N) is 1. The minimum absolute atomic E-state index is 0.150. The van der Waals surface area contributed by atoms with E-state index in [9.17, 15) is 26.3 Å². The molecular formula is C42H39Cl2F6N5O3. The van der Waals surface area contributed by atoms with Crippen LogP contribution in [-0.4, -0.2) is 67.6 Å². The molecule has 0 aliphatic carbocycles. The highest BCUT2D eigenvalue weighted by atomic mass is 35.5. The van der Waals surface area contributed by atoms with Crippen molar-refractivity contribution < 1.29 is 40.6 Å². The van der Waals surface area contributed by atoms with E-state index in [1.165, 1.54) is 18.2 Å². The maximum absolute atomic E-state index is 15.1. The summed E-state index contributed by atoms with van der Waals surface area (Å²) >= 11 is 13.5. The van der Waals surface area contributed by atoms with Crippen molar-refractivity contribution in [1.82, 2.24) is 9.13 Å². The van der Waals surface area contributed by atoms with E-state index in [-0.39, 0.29) is 21.4 Å². The van der Waals surface area contributed by atoms with Gasteiger partial charge in [-0.3, -0.25) is 4.79 Å². The molecule has 0 bridgehead atoms. The van der Waals surface area contributed by atoms with E-state index in [0.29, 0.717) is 109 Å². The molecule has 0 atom stereocenters. The molecule has 58 heavy (non-hydrogen) atoms. The number of fused-ring (bicyclic) bond motifs is 1. The molecule has 2 fully saturated rings. The highest BCUT2D eigenvalue weighted by molar-refractivity contribution is 6.37. The third-order valence-electron chi connectivity index (χ3n) is 11.5. The van der Waals surface area contributed by atoms with Gasteiger partial charge in [-0.2, -0.15) is 26.3 Å². The van der Waals surface area contributed by atoms with Crippen molar-refractivity contribution in [3.63, 3.8) is 0 Å². The number of carbonyl (C=O) groups is 1. The van der Waals surface area contributed by atoms with Crippen molar-refractivity contribution in [1.29, 1.82) is 0 Å². The van der Waals surface area contributed by atoms with Crippen LogP contribution >= 0.6 is 23.2 Å². The lowest BCUT2D eigenvalue weighted by Crippen LogP contribution is -2.38. The second kappa shape index (κ2) is 14.6. The van der Waals surface area contributed by atoms with Gasteiger partial charge in [-0.15, -0.1) is 0 Å². The highest BCUT2D eigenvalue weighted by Gasteiger charge is 2.54. The lowest BCUT2D eigenvalue weighted by molar-refractivity contribution is -0.138. The average Bonchev–Trinajstić information content (AvgIpc) is 3.76. The maximum Gasteiger partial charge on any atom is 0.416 e. The van der Waals surface area contributed by atoms with Gasteiger partial charge >= 0.3 is 12.4 Å². The molecule has 306 valence electrons. The number of benzene rings is 3. The molecule has 1 amide bonds. The molecule has 3 aliphatic rings. The third-order valence-corrected chi connectivity index (χ3v) is 12.0. The molecule has 16 heteroatoms. The van der Waals surface area contributed by atoms with Crippen LogP contribution < -0.4 is 15.1 Å². The molecule has 2 aromatic heterocycles. The molecule has 3 aliphatic heterocycles. The molecule has 5 aromatic rings. The normalized spacial score (nSPS) is 17.2. The second-order valence-electron chi connectivity index (χ2n) is 14.9. The summed E-state index contributed by atoms with van der Waals surface area (Å²) in [5.74, 6) is -0.512. The minimum atomic E-state index is -4.64. The Kier molecular flexibility index (Phi) is 10.1. The predicted molar refractivity (Wildman–Crippen MR) is 212 cm³/mol. The van der Waals surface area contributed by atoms with Crippen LogP contribution in [0.2, 0.25) is 10.0 Å². The van der Waals surface area contributed by atoms with Gasteiger partial charge in [0.15, 0.2) is 0 Å². The summed E-state index contributed by atoms with van der Waals surface area (Å²) in [6.45, 7) is 10.4. The average molecular weight is 847 g/mol. The van der Waals surface area contributed by atoms with Gasteiger partial charge in [0.1, 0.15) is 5.41 Å². The number of amides is 1. The summed E-state index contributed by atoms with van der Waals surface area (Å²) in [6.07, 6.45) is -9.29. The number of nitrogens with zero attached hydrogens (tertiary/aromatic N) is 4. The first kappa shape index (κ1) is 40.2. The maximum atomic E-state index is 15.1. The zero-order valence-corrected chi connectivity index (χ0v) is 33.5. The van der Waals surface area contributed by atoms with Gasteiger partial charge in [0.25, 0.3) is 0 Å². The van der Waals surface area contributed by atoms with E-state index < -0.39 is 34.8 Å². The number of aromatic nitrogens is 2. The van der Waals surface area contributed by atoms with Crippen LogP contribution in [0.25, 0.3) is 11.4 Å². The predicted octanol–water partition coefficient (Wildman–Crippen LogP) is 9.81. The van der Waals surface area contributed by atoms with Crippen molar-refractivity contribution in [3.8, 4) is 11.4 Å². The third kappa shape index (κ3) is 6.52. The fraction of sp³-hybridized carbons (Fsp3) is 0.357. The standard InChI is InChI=1S/C42H39Cl2F6N5O3/c1-23-17-30(25(3)54(23)36-19-27(41(45,46)47)5-7-34(36)52-9-13-57-14-10-52)40(38-32(44)21-29(43)22-33(38)51-39(40)56)31-18-24(2)55(26(31)4)37-20-28(42(48,49)50)6-8-35(37)53-11-15-58-16-12-53/h5-8,17-22H,9-16H2,1-4H3,(H,51,56). The quantitative estimate of drug-likeness (QED) is 0.173. The monoisotopic (exact) mass is 845 g/mol.